The molecule has 0 aliphatic rings. The van der Waals surface area contributed by atoms with E-state index in [9.17, 15) is 14.4 Å². The topological polar surface area (TPSA) is 87.3 Å². The van der Waals surface area contributed by atoms with Crippen LogP contribution < -0.4 is 29.0 Å². The van der Waals surface area contributed by atoms with Gasteiger partial charge in [-0.2, -0.15) is 0 Å². The second kappa shape index (κ2) is 10.1. The number of carbonyl (C=O) groups is 3. The van der Waals surface area contributed by atoms with Crippen LogP contribution in [0.2, 0.25) is 0 Å². The fourth-order valence-electron chi connectivity index (χ4n) is 3.14. The minimum absolute atomic E-state index is 0.107. The van der Waals surface area contributed by atoms with Crippen molar-refractivity contribution in [1.82, 2.24) is 0 Å². The van der Waals surface area contributed by atoms with Gasteiger partial charge in [0.25, 0.3) is 0 Å². The molecular formula is C24H24AsN3O3. The van der Waals surface area contributed by atoms with Crippen molar-refractivity contribution in [1.29, 1.82) is 0 Å². The van der Waals surface area contributed by atoms with E-state index in [-0.39, 0.29) is 17.7 Å². The van der Waals surface area contributed by atoms with Crippen LogP contribution in [-0.2, 0) is 14.4 Å². The van der Waals surface area contributed by atoms with Gasteiger partial charge in [-0.1, -0.05) is 0 Å². The summed E-state index contributed by atoms with van der Waals surface area (Å²) < 4.78 is 3.59. The maximum atomic E-state index is 11.3. The molecule has 158 valence electrons. The van der Waals surface area contributed by atoms with Gasteiger partial charge in [0.15, 0.2) is 0 Å². The molecular weight excluding hydrogens is 453 g/mol. The molecule has 6 nitrogen and oxygen atoms in total. The Labute approximate surface area is 186 Å². The van der Waals surface area contributed by atoms with Gasteiger partial charge in [0.2, 0.25) is 0 Å². The molecule has 3 rings (SSSR count). The second-order valence-corrected chi connectivity index (χ2v) is 11.7. The molecule has 0 aromatic heterocycles. The molecule has 0 saturated heterocycles. The van der Waals surface area contributed by atoms with E-state index in [1.807, 2.05) is 36.4 Å². The summed E-state index contributed by atoms with van der Waals surface area (Å²) in [6.07, 6.45) is 0. The number of amides is 3. The summed E-state index contributed by atoms with van der Waals surface area (Å²) in [6.45, 7) is 4.46. The van der Waals surface area contributed by atoms with E-state index in [1.54, 1.807) is 0 Å². The Hall–Kier alpha value is -3.37. The summed E-state index contributed by atoms with van der Waals surface area (Å²) in [6, 6.07) is 23.8. The maximum absolute atomic E-state index is 11.3. The number of carbonyl (C=O) groups excluding carboxylic acids is 3. The van der Waals surface area contributed by atoms with E-state index in [0.717, 1.165) is 17.1 Å². The minimum atomic E-state index is -1.90. The van der Waals surface area contributed by atoms with Gasteiger partial charge >= 0.3 is 186 Å². The predicted octanol–water partition coefficient (Wildman–Crippen LogP) is 2.08. The van der Waals surface area contributed by atoms with E-state index in [0.29, 0.717) is 0 Å². The fourth-order valence-corrected chi connectivity index (χ4v) is 7.83. The van der Waals surface area contributed by atoms with E-state index in [2.05, 4.69) is 52.3 Å². The van der Waals surface area contributed by atoms with Crippen LogP contribution in [0.1, 0.15) is 20.8 Å². The Balaban J connectivity index is 1.98. The third-order valence-electron chi connectivity index (χ3n) is 4.34. The number of hydrogen-bond acceptors (Lipinski definition) is 3. The van der Waals surface area contributed by atoms with E-state index in [1.165, 1.54) is 33.8 Å². The summed E-state index contributed by atoms with van der Waals surface area (Å²) in [4.78, 5) is 34.0. The molecule has 3 N–H and O–H groups in total. The van der Waals surface area contributed by atoms with E-state index >= 15 is 0 Å². The van der Waals surface area contributed by atoms with Crippen LogP contribution in [0, 0.1) is 0 Å². The SMILES string of the molecule is CC(=O)Nc1ccc([As](c2ccc(NC(C)=O)cc2)c2ccc(NC(C)=O)cc2)cc1. The van der Waals surface area contributed by atoms with Crippen molar-refractivity contribution in [3.05, 3.63) is 72.8 Å². The zero-order chi connectivity index (χ0) is 22.4. The van der Waals surface area contributed by atoms with Crippen LogP contribution >= 0.6 is 0 Å². The van der Waals surface area contributed by atoms with Crippen molar-refractivity contribution in [2.75, 3.05) is 16.0 Å². The van der Waals surface area contributed by atoms with Gasteiger partial charge in [0.05, 0.1) is 0 Å². The first kappa shape index (κ1) is 22.3. The van der Waals surface area contributed by atoms with Crippen LogP contribution in [0.15, 0.2) is 72.8 Å². The van der Waals surface area contributed by atoms with Crippen molar-refractivity contribution in [3.63, 3.8) is 0 Å². The molecule has 0 unspecified atom stereocenters. The summed E-state index contributed by atoms with van der Waals surface area (Å²) in [5.41, 5.74) is 2.27. The fraction of sp³-hybridized carbons (Fsp3) is 0.125. The van der Waals surface area contributed by atoms with Gasteiger partial charge in [0, 0.05) is 0 Å². The molecule has 3 aromatic rings. The molecule has 0 radical (unpaired) electrons. The van der Waals surface area contributed by atoms with Gasteiger partial charge in [-0.25, -0.2) is 0 Å². The van der Waals surface area contributed by atoms with Gasteiger partial charge in [-0.15, -0.1) is 0 Å². The molecule has 31 heavy (non-hydrogen) atoms. The van der Waals surface area contributed by atoms with Crippen molar-refractivity contribution >= 4 is 62.5 Å². The summed E-state index contributed by atoms with van der Waals surface area (Å²) in [7, 11) is 0. The van der Waals surface area contributed by atoms with Crippen molar-refractivity contribution < 1.29 is 14.4 Å². The van der Waals surface area contributed by atoms with Crippen LogP contribution in [0.25, 0.3) is 0 Å². The number of benzene rings is 3. The van der Waals surface area contributed by atoms with Gasteiger partial charge in [0.1, 0.15) is 0 Å². The van der Waals surface area contributed by atoms with Crippen molar-refractivity contribution in [2.45, 2.75) is 20.8 Å². The molecule has 0 saturated carbocycles. The van der Waals surface area contributed by atoms with E-state index in [4.69, 9.17) is 0 Å². The zero-order valence-corrected chi connectivity index (χ0v) is 19.5. The summed E-state index contributed by atoms with van der Waals surface area (Å²) >= 11 is -1.90. The molecule has 0 aliphatic heterocycles. The Morgan fingerprint density at radius 3 is 0.903 bits per heavy atom. The van der Waals surface area contributed by atoms with E-state index < -0.39 is 14.7 Å². The number of anilines is 3. The molecule has 0 atom stereocenters. The molecule has 0 bridgehead atoms. The van der Waals surface area contributed by atoms with Gasteiger partial charge in [-0.3, -0.25) is 0 Å². The Kier molecular flexibility index (Phi) is 7.27. The average molecular weight is 477 g/mol. The van der Waals surface area contributed by atoms with Gasteiger partial charge in [-0.05, 0) is 0 Å². The molecule has 3 amide bonds. The first-order valence-corrected chi connectivity index (χ1v) is 12.6. The molecule has 0 fully saturated rings. The van der Waals surface area contributed by atoms with Crippen LogP contribution in [0.5, 0.6) is 0 Å². The molecule has 0 aliphatic carbocycles. The standard InChI is InChI=1S/C24H24AsN3O3/c1-16(29)26-22-10-4-19(5-11-22)25(20-6-12-23(13-7-20)27-17(2)30)21-8-14-24(15-9-21)28-18(3)31/h4-15H,1-3H3,(H,26,29)(H,27,30)(H,28,31). The predicted molar refractivity (Wildman–Crippen MR) is 127 cm³/mol. The monoisotopic (exact) mass is 477 g/mol. The molecule has 3 aromatic carbocycles. The normalized spacial score (nSPS) is 10.5. The van der Waals surface area contributed by atoms with Crippen molar-refractivity contribution in [3.8, 4) is 0 Å². The Morgan fingerprint density at radius 2 is 0.710 bits per heavy atom. The number of hydrogen-bond donors (Lipinski definition) is 3. The Bertz CT molecular complexity index is 937. The van der Waals surface area contributed by atoms with Gasteiger partial charge < -0.3 is 0 Å². The molecule has 0 spiro atoms. The molecule has 0 heterocycles. The van der Waals surface area contributed by atoms with Crippen LogP contribution in [-0.4, -0.2) is 32.4 Å². The third-order valence-corrected chi connectivity index (χ3v) is 9.46. The zero-order valence-electron chi connectivity index (χ0n) is 17.6. The first-order chi connectivity index (χ1) is 14.8. The summed E-state index contributed by atoms with van der Waals surface area (Å²) in [5, 5.41) is 8.40. The number of nitrogens with one attached hydrogen (secondary N) is 3. The average Bonchev–Trinajstić information content (AvgIpc) is 2.71. The van der Waals surface area contributed by atoms with Crippen molar-refractivity contribution in [2.24, 2.45) is 0 Å². The third kappa shape index (κ3) is 6.30. The first-order valence-electron chi connectivity index (χ1n) is 9.75. The van der Waals surface area contributed by atoms with Crippen LogP contribution in [0.3, 0.4) is 0 Å². The summed E-state index contributed by atoms with van der Waals surface area (Å²) in [5.74, 6) is -0.321. The Morgan fingerprint density at radius 1 is 0.484 bits per heavy atom. The van der Waals surface area contributed by atoms with Crippen LogP contribution in [0.4, 0.5) is 17.1 Å². The second-order valence-electron chi connectivity index (χ2n) is 7.02. The molecule has 7 heteroatoms. The quantitative estimate of drug-likeness (QED) is 0.476. The number of rotatable bonds is 6.